The highest BCUT2D eigenvalue weighted by Crippen LogP contribution is 2.23. The molecule has 1 aromatic carbocycles. The maximum absolute atomic E-state index is 13.3. The van der Waals surface area contributed by atoms with E-state index < -0.39 is 0 Å². The number of aliphatic hydroxyl groups is 1. The zero-order valence-electron chi connectivity index (χ0n) is 13.4. The number of hydrogen-bond donors (Lipinski definition) is 1. The predicted octanol–water partition coefficient (Wildman–Crippen LogP) is 3.25. The van der Waals surface area contributed by atoms with E-state index in [0.29, 0.717) is 18.5 Å². The van der Waals surface area contributed by atoms with Crippen LogP contribution in [0, 0.1) is 5.82 Å². The number of likely N-dealkylation sites (tertiary alicyclic amines) is 1. The summed E-state index contributed by atoms with van der Waals surface area (Å²) in [5.74, 6) is -0.324. The number of nitrogens with zero attached hydrogens (tertiary/aromatic N) is 2. The summed E-state index contributed by atoms with van der Waals surface area (Å²) < 4.78 is 13.3. The second-order valence-electron chi connectivity index (χ2n) is 6.09. The zero-order chi connectivity index (χ0) is 16.9. The number of carbonyl (C=O) groups excluding carboxylic acids is 1. The number of carbonyl (C=O) groups is 1. The number of piperidine rings is 1. The summed E-state index contributed by atoms with van der Waals surface area (Å²) in [7, 11) is 0. The van der Waals surface area contributed by atoms with Gasteiger partial charge in [-0.15, -0.1) is 11.3 Å². The molecule has 128 valence electrons. The standard InChI is InChI=1S/C18H21FN2O2S/c19-14-5-3-4-13(10-14)11-17-20-16(12-24-17)18(23)21-8-2-1-6-15(21)7-9-22/h3-5,10,12,15,22H,1-2,6-9,11H2. The number of aromatic nitrogens is 1. The van der Waals surface area contributed by atoms with Gasteiger partial charge in [0, 0.05) is 31.0 Å². The van der Waals surface area contributed by atoms with Crippen LogP contribution in [0.2, 0.25) is 0 Å². The van der Waals surface area contributed by atoms with Crippen LogP contribution in [0.25, 0.3) is 0 Å². The molecule has 1 aliphatic heterocycles. The van der Waals surface area contributed by atoms with E-state index >= 15 is 0 Å². The summed E-state index contributed by atoms with van der Waals surface area (Å²) in [5.41, 5.74) is 1.30. The van der Waals surface area contributed by atoms with Gasteiger partial charge in [0.15, 0.2) is 0 Å². The Morgan fingerprint density at radius 2 is 2.29 bits per heavy atom. The number of thiazole rings is 1. The van der Waals surface area contributed by atoms with Crippen LogP contribution in [0.15, 0.2) is 29.6 Å². The van der Waals surface area contributed by atoms with Crippen LogP contribution in [0.5, 0.6) is 0 Å². The lowest BCUT2D eigenvalue weighted by atomic mass is 9.99. The third-order valence-electron chi connectivity index (χ3n) is 4.37. The van der Waals surface area contributed by atoms with Gasteiger partial charge in [-0.1, -0.05) is 12.1 Å². The Morgan fingerprint density at radius 3 is 3.08 bits per heavy atom. The molecule has 0 saturated carbocycles. The van der Waals surface area contributed by atoms with E-state index in [4.69, 9.17) is 0 Å². The molecule has 1 N–H and O–H groups in total. The summed E-state index contributed by atoms with van der Waals surface area (Å²) in [5, 5.41) is 11.8. The monoisotopic (exact) mass is 348 g/mol. The summed E-state index contributed by atoms with van der Waals surface area (Å²) in [6.07, 6.45) is 4.17. The van der Waals surface area contributed by atoms with E-state index in [1.54, 1.807) is 11.4 Å². The van der Waals surface area contributed by atoms with Crippen LogP contribution >= 0.6 is 11.3 Å². The molecule has 0 spiro atoms. The Hall–Kier alpha value is -1.79. The molecule has 1 atom stereocenters. The fraction of sp³-hybridized carbons (Fsp3) is 0.444. The first-order valence-electron chi connectivity index (χ1n) is 8.28. The molecule has 4 nitrogen and oxygen atoms in total. The average molecular weight is 348 g/mol. The van der Waals surface area contributed by atoms with Gasteiger partial charge in [0.25, 0.3) is 5.91 Å². The number of rotatable bonds is 5. The van der Waals surface area contributed by atoms with E-state index in [1.807, 2.05) is 11.0 Å². The number of benzene rings is 1. The Kier molecular flexibility index (Phi) is 5.58. The molecule has 1 aliphatic rings. The van der Waals surface area contributed by atoms with Crippen LogP contribution < -0.4 is 0 Å². The number of aliphatic hydroxyl groups excluding tert-OH is 1. The first kappa shape index (κ1) is 17.0. The van der Waals surface area contributed by atoms with Crippen LogP contribution in [0.1, 0.15) is 46.7 Å². The second kappa shape index (κ2) is 7.85. The highest BCUT2D eigenvalue weighted by molar-refractivity contribution is 7.09. The van der Waals surface area contributed by atoms with Crippen molar-refractivity contribution in [3.63, 3.8) is 0 Å². The van der Waals surface area contributed by atoms with Crippen LogP contribution in [0.4, 0.5) is 4.39 Å². The SMILES string of the molecule is O=C(c1csc(Cc2cccc(F)c2)n1)N1CCCCC1CCO. The van der Waals surface area contributed by atoms with E-state index in [9.17, 15) is 14.3 Å². The largest absolute Gasteiger partial charge is 0.396 e. The third kappa shape index (κ3) is 3.99. The molecule has 6 heteroatoms. The summed E-state index contributed by atoms with van der Waals surface area (Å²) in [6.45, 7) is 0.816. The van der Waals surface area contributed by atoms with Gasteiger partial charge in [0.05, 0.1) is 5.01 Å². The zero-order valence-corrected chi connectivity index (χ0v) is 14.3. The van der Waals surface area contributed by atoms with Gasteiger partial charge in [-0.25, -0.2) is 9.37 Å². The molecule has 24 heavy (non-hydrogen) atoms. The van der Waals surface area contributed by atoms with Gasteiger partial charge in [-0.05, 0) is 43.4 Å². The highest BCUT2D eigenvalue weighted by Gasteiger charge is 2.28. The minimum atomic E-state index is -0.263. The van der Waals surface area contributed by atoms with Gasteiger partial charge in [0.1, 0.15) is 11.5 Å². The Morgan fingerprint density at radius 1 is 1.42 bits per heavy atom. The number of hydrogen-bond acceptors (Lipinski definition) is 4. The first-order valence-corrected chi connectivity index (χ1v) is 9.16. The molecule has 1 aromatic heterocycles. The minimum absolute atomic E-state index is 0.0603. The van der Waals surface area contributed by atoms with Crippen molar-refractivity contribution in [1.29, 1.82) is 0 Å². The van der Waals surface area contributed by atoms with Gasteiger partial charge >= 0.3 is 0 Å². The van der Waals surface area contributed by atoms with Crippen LogP contribution in [-0.2, 0) is 6.42 Å². The molecule has 3 rings (SSSR count). The molecule has 2 aromatic rings. The molecule has 0 bridgehead atoms. The van der Waals surface area contributed by atoms with Crippen LogP contribution in [0.3, 0.4) is 0 Å². The molecule has 2 heterocycles. The van der Waals surface area contributed by atoms with Crippen molar-refractivity contribution >= 4 is 17.2 Å². The van der Waals surface area contributed by atoms with Gasteiger partial charge in [-0.3, -0.25) is 4.79 Å². The van der Waals surface area contributed by atoms with Gasteiger partial charge < -0.3 is 10.0 Å². The van der Waals surface area contributed by atoms with Crippen LogP contribution in [-0.4, -0.2) is 40.1 Å². The molecule has 1 amide bonds. The number of halogens is 1. The molecule has 0 aliphatic carbocycles. The lowest BCUT2D eigenvalue weighted by Crippen LogP contribution is -2.44. The highest BCUT2D eigenvalue weighted by atomic mass is 32.1. The Balaban J connectivity index is 1.71. The van der Waals surface area contributed by atoms with Crippen molar-refractivity contribution in [2.75, 3.05) is 13.2 Å². The molecular formula is C18H21FN2O2S. The maximum atomic E-state index is 13.3. The lowest BCUT2D eigenvalue weighted by molar-refractivity contribution is 0.0569. The summed E-state index contributed by atoms with van der Waals surface area (Å²) in [6, 6.07) is 6.54. The van der Waals surface area contributed by atoms with Gasteiger partial charge in [-0.2, -0.15) is 0 Å². The van der Waals surface area contributed by atoms with E-state index in [0.717, 1.165) is 36.4 Å². The van der Waals surface area contributed by atoms with E-state index in [1.165, 1.54) is 23.5 Å². The first-order chi connectivity index (χ1) is 11.7. The van der Waals surface area contributed by atoms with Gasteiger partial charge in [0.2, 0.25) is 0 Å². The quantitative estimate of drug-likeness (QED) is 0.902. The summed E-state index contributed by atoms with van der Waals surface area (Å²) >= 11 is 1.43. The van der Waals surface area contributed by atoms with Crippen molar-refractivity contribution in [1.82, 2.24) is 9.88 Å². The predicted molar refractivity (Wildman–Crippen MR) is 91.7 cm³/mol. The molecule has 1 unspecified atom stereocenters. The fourth-order valence-electron chi connectivity index (χ4n) is 3.18. The normalized spacial score (nSPS) is 17.9. The lowest BCUT2D eigenvalue weighted by Gasteiger charge is -2.35. The van der Waals surface area contributed by atoms with Crippen molar-refractivity contribution < 1.29 is 14.3 Å². The van der Waals surface area contributed by atoms with E-state index in [-0.39, 0.29) is 24.4 Å². The van der Waals surface area contributed by atoms with Crippen molar-refractivity contribution in [3.8, 4) is 0 Å². The minimum Gasteiger partial charge on any atom is -0.396 e. The maximum Gasteiger partial charge on any atom is 0.273 e. The third-order valence-corrected chi connectivity index (χ3v) is 5.21. The fourth-order valence-corrected chi connectivity index (χ4v) is 3.98. The van der Waals surface area contributed by atoms with E-state index in [2.05, 4.69) is 4.98 Å². The molecule has 1 saturated heterocycles. The molecule has 1 fully saturated rings. The Bertz CT molecular complexity index is 702. The second-order valence-corrected chi connectivity index (χ2v) is 7.04. The molecular weight excluding hydrogens is 327 g/mol. The Labute approximate surface area is 145 Å². The molecule has 0 radical (unpaired) electrons. The van der Waals surface area contributed by atoms with Crippen molar-refractivity contribution in [2.45, 2.75) is 38.1 Å². The summed E-state index contributed by atoms with van der Waals surface area (Å²) in [4.78, 5) is 19.0. The van der Waals surface area contributed by atoms with Crippen molar-refractivity contribution in [2.24, 2.45) is 0 Å². The average Bonchev–Trinajstić information content (AvgIpc) is 3.03. The smallest absolute Gasteiger partial charge is 0.273 e. The number of amides is 1. The van der Waals surface area contributed by atoms with Crippen molar-refractivity contribution in [3.05, 3.63) is 51.7 Å². The topological polar surface area (TPSA) is 53.4 Å².